The van der Waals surface area contributed by atoms with E-state index in [1.54, 1.807) is 18.7 Å². The van der Waals surface area contributed by atoms with Crippen LogP contribution >= 0.6 is 0 Å². The Morgan fingerprint density at radius 1 is 1.11 bits per heavy atom. The predicted octanol–water partition coefficient (Wildman–Crippen LogP) is 2.85. The number of benzene rings is 1. The summed E-state index contributed by atoms with van der Waals surface area (Å²) in [6.45, 7) is 0. The number of hydrogen-bond acceptors (Lipinski definition) is 3. The monoisotopic (exact) mass is 239 g/mol. The first kappa shape index (κ1) is 10.8. The molecule has 2 heterocycles. The number of hydrogen-bond donors (Lipinski definition) is 1. The summed E-state index contributed by atoms with van der Waals surface area (Å²) >= 11 is 0. The number of furan rings is 1. The van der Waals surface area contributed by atoms with Crippen LogP contribution in [0.25, 0.3) is 11.3 Å². The molecule has 1 aromatic carbocycles. The van der Waals surface area contributed by atoms with Gasteiger partial charge in [-0.15, -0.1) is 0 Å². The molecule has 1 N–H and O–H groups in total. The molecule has 0 spiro atoms. The third-order valence-corrected chi connectivity index (χ3v) is 2.92. The lowest BCUT2D eigenvalue weighted by atomic mass is 10.0. The smallest absolute Gasteiger partial charge is 0.112 e. The lowest BCUT2D eigenvalue weighted by Crippen LogP contribution is -1.90. The maximum Gasteiger partial charge on any atom is 0.112 e. The molecule has 4 nitrogen and oxygen atoms in total. The summed E-state index contributed by atoms with van der Waals surface area (Å²) in [6.07, 6.45) is 7.21. The maximum atomic E-state index is 5.06. The third kappa shape index (κ3) is 2.32. The summed E-state index contributed by atoms with van der Waals surface area (Å²) in [5.41, 5.74) is 4.48. The Bertz CT molecular complexity index is 600. The van der Waals surface area contributed by atoms with Crippen molar-refractivity contribution in [1.82, 2.24) is 15.4 Å². The molecule has 0 radical (unpaired) electrons. The van der Waals surface area contributed by atoms with Crippen molar-refractivity contribution in [3.8, 4) is 11.3 Å². The minimum absolute atomic E-state index is 0.875. The van der Waals surface area contributed by atoms with E-state index in [1.165, 1.54) is 11.1 Å². The first-order chi connectivity index (χ1) is 8.92. The number of nitrogens with zero attached hydrogens (tertiary/aromatic N) is 2. The molecule has 0 aliphatic rings. The zero-order valence-electron chi connectivity index (χ0n) is 9.84. The highest BCUT2D eigenvalue weighted by molar-refractivity contribution is 5.58. The van der Waals surface area contributed by atoms with E-state index in [4.69, 9.17) is 4.42 Å². The molecule has 4 heteroatoms. The quantitative estimate of drug-likeness (QED) is 0.761. The van der Waals surface area contributed by atoms with Gasteiger partial charge in [0.25, 0.3) is 0 Å². The summed E-state index contributed by atoms with van der Waals surface area (Å²) in [6, 6.07) is 10.4. The molecular weight excluding hydrogens is 226 g/mol. The average Bonchev–Trinajstić information content (AvgIpc) is 3.10. The van der Waals surface area contributed by atoms with Crippen LogP contribution in [0, 0.1) is 0 Å². The van der Waals surface area contributed by atoms with Gasteiger partial charge in [-0.25, -0.2) is 0 Å². The van der Waals surface area contributed by atoms with Crippen LogP contribution in [-0.4, -0.2) is 15.4 Å². The highest BCUT2D eigenvalue weighted by atomic mass is 16.3. The largest absolute Gasteiger partial charge is 0.472 e. The highest BCUT2D eigenvalue weighted by Gasteiger charge is 2.02. The van der Waals surface area contributed by atoms with E-state index in [-0.39, 0.29) is 0 Å². The SMILES string of the molecule is c1cc(CCc2ccoc2)cc(-c2cn[nH]n2)c1. The van der Waals surface area contributed by atoms with Gasteiger partial charge in [0.15, 0.2) is 0 Å². The van der Waals surface area contributed by atoms with Gasteiger partial charge in [0.1, 0.15) is 5.69 Å². The molecule has 0 amide bonds. The molecule has 0 saturated carbocycles. The fourth-order valence-electron chi connectivity index (χ4n) is 1.95. The number of H-pyrrole nitrogens is 1. The van der Waals surface area contributed by atoms with E-state index in [0.717, 1.165) is 24.1 Å². The van der Waals surface area contributed by atoms with E-state index in [1.807, 2.05) is 12.1 Å². The fourth-order valence-corrected chi connectivity index (χ4v) is 1.95. The maximum absolute atomic E-state index is 5.06. The van der Waals surface area contributed by atoms with Gasteiger partial charge in [0, 0.05) is 5.56 Å². The number of nitrogens with one attached hydrogen (secondary N) is 1. The second-order valence-electron chi connectivity index (χ2n) is 4.19. The van der Waals surface area contributed by atoms with Crippen LogP contribution in [0.3, 0.4) is 0 Å². The van der Waals surface area contributed by atoms with Crippen molar-refractivity contribution in [2.24, 2.45) is 0 Å². The normalized spacial score (nSPS) is 10.7. The molecule has 90 valence electrons. The van der Waals surface area contributed by atoms with Crippen LogP contribution in [0.2, 0.25) is 0 Å². The van der Waals surface area contributed by atoms with Crippen LogP contribution < -0.4 is 0 Å². The molecule has 0 unspecified atom stereocenters. The molecule has 3 aromatic rings. The second-order valence-corrected chi connectivity index (χ2v) is 4.19. The Labute approximate surface area is 105 Å². The average molecular weight is 239 g/mol. The lowest BCUT2D eigenvalue weighted by Gasteiger charge is -2.02. The van der Waals surface area contributed by atoms with Crippen molar-refractivity contribution in [2.45, 2.75) is 12.8 Å². The summed E-state index contributed by atoms with van der Waals surface area (Å²) in [7, 11) is 0. The molecule has 0 aliphatic heterocycles. The van der Waals surface area contributed by atoms with Crippen molar-refractivity contribution in [1.29, 1.82) is 0 Å². The van der Waals surface area contributed by atoms with Crippen LogP contribution in [0.5, 0.6) is 0 Å². The highest BCUT2D eigenvalue weighted by Crippen LogP contribution is 2.18. The zero-order valence-corrected chi connectivity index (χ0v) is 9.84. The Kier molecular flexibility index (Phi) is 2.92. The minimum atomic E-state index is 0.875. The number of aromatic nitrogens is 3. The van der Waals surface area contributed by atoms with E-state index < -0.39 is 0 Å². The Morgan fingerprint density at radius 3 is 2.83 bits per heavy atom. The minimum Gasteiger partial charge on any atom is -0.472 e. The standard InChI is InChI=1S/C14H13N3O/c1-2-11(4-5-12-6-7-18-10-12)8-13(3-1)14-9-15-17-16-14/h1-3,6-10H,4-5H2,(H,15,16,17). The van der Waals surface area contributed by atoms with Crippen LogP contribution in [0.4, 0.5) is 0 Å². The Hall–Kier alpha value is -2.36. The molecule has 0 fully saturated rings. The van der Waals surface area contributed by atoms with Gasteiger partial charge in [0.05, 0.1) is 18.7 Å². The number of rotatable bonds is 4. The lowest BCUT2D eigenvalue weighted by molar-refractivity contribution is 0.563. The van der Waals surface area contributed by atoms with Crippen LogP contribution in [0.1, 0.15) is 11.1 Å². The summed E-state index contributed by atoms with van der Waals surface area (Å²) in [4.78, 5) is 0. The summed E-state index contributed by atoms with van der Waals surface area (Å²) in [5.74, 6) is 0. The van der Waals surface area contributed by atoms with Crippen molar-refractivity contribution in [2.75, 3.05) is 0 Å². The number of aryl methyl sites for hydroxylation is 2. The van der Waals surface area contributed by atoms with Crippen LogP contribution in [0.15, 0.2) is 53.5 Å². The Morgan fingerprint density at radius 2 is 2.06 bits per heavy atom. The van der Waals surface area contributed by atoms with Crippen molar-refractivity contribution in [3.63, 3.8) is 0 Å². The van der Waals surface area contributed by atoms with Gasteiger partial charge in [-0.3, -0.25) is 0 Å². The van der Waals surface area contributed by atoms with Crippen LogP contribution in [-0.2, 0) is 12.8 Å². The van der Waals surface area contributed by atoms with Crippen molar-refractivity contribution in [3.05, 3.63) is 60.2 Å². The van der Waals surface area contributed by atoms with E-state index >= 15 is 0 Å². The summed E-state index contributed by atoms with van der Waals surface area (Å²) in [5, 5.41) is 10.5. The second kappa shape index (κ2) is 4.87. The van der Waals surface area contributed by atoms with Gasteiger partial charge in [-0.05, 0) is 36.1 Å². The first-order valence-electron chi connectivity index (χ1n) is 5.88. The van der Waals surface area contributed by atoms with Gasteiger partial charge in [0.2, 0.25) is 0 Å². The van der Waals surface area contributed by atoms with Crippen molar-refractivity contribution < 1.29 is 4.42 Å². The van der Waals surface area contributed by atoms with Gasteiger partial charge in [-0.2, -0.15) is 15.4 Å². The van der Waals surface area contributed by atoms with E-state index in [0.29, 0.717) is 0 Å². The topological polar surface area (TPSA) is 54.7 Å². The van der Waals surface area contributed by atoms with Crippen molar-refractivity contribution >= 4 is 0 Å². The fraction of sp³-hybridized carbons (Fsp3) is 0.143. The molecule has 0 saturated heterocycles. The molecule has 0 atom stereocenters. The van der Waals surface area contributed by atoms with Gasteiger partial charge < -0.3 is 4.42 Å². The zero-order chi connectivity index (χ0) is 12.2. The Balaban J connectivity index is 1.75. The van der Waals surface area contributed by atoms with Gasteiger partial charge >= 0.3 is 0 Å². The number of aromatic amines is 1. The van der Waals surface area contributed by atoms with E-state index in [2.05, 4.69) is 33.6 Å². The third-order valence-electron chi connectivity index (χ3n) is 2.92. The molecule has 0 aliphatic carbocycles. The summed E-state index contributed by atoms with van der Waals surface area (Å²) < 4.78 is 5.06. The molecular formula is C14H13N3O. The molecule has 2 aromatic heterocycles. The molecule has 3 rings (SSSR count). The van der Waals surface area contributed by atoms with Gasteiger partial charge in [-0.1, -0.05) is 18.2 Å². The van der Waals surface area contributed by atoms with E-state index in [9.17, 15) is 0 Å². The molecule has 18 heavy (non-hydrogen) atoms. The predicted molar refractivity (Wildman–Crippen MR) is 67.9 cm³/mol. The molecule has 0 bridgehead atoms. The first-order valence-corrected chi connectivity index (χ1v) is 5.88.